The molecule has 2 N–H and O–H groups in total. The average Bonchev–Trinajstić information content (AvgIpc) is 1.85. The minimum absolute atomic E-state index is 0.0835. The molecular weight excluding hydrogens is 162 g/mol. The van der Waals surface area contributed by atoms with Crippen LogP contribution in [0.3, 0.4) is 0 Å². The number of aromatic nitrogens is 2. The van der Waals surface area contributed by atoms with Crippen molar-refractivity contribution in [1.29, 1.82) is 0 Å². The van der Waals surface area contributed by atoms with Gasteiger partial charge in [-0.15, -0.1) is 0 Å². The van der Waals surface area contributed by atoms with Crippen LogP contribution in [0.2, 0.25) is 5.15 Å². The third-order valence-corrected chi connectivity index (χ3v) is 1.57. The van der Waals surface area contributed by atoms with E-state index in [1.165, 1.54) is 6.20 Å². The molecule has 0 aliphatic rings. The van der Waals surface area contributed by atoms with Crippen LogP contribution in [0.5, 0.6) is 0 Å². The van der Waals surface area contributed by atoms with E-state index in [1.807, 2.05) is 13.8 Å². The van der Waals surface area contributed by atoms with Gasteiger partial charge in [0.15, 0.2) is 0 Å². The van der Waals surface area contributed by atoms with Crippen molar-refractivity contribution in [3.8, 4) is 0 Å². The average molecular weight is 172 g/mol. The number of rotatable bonds is 1. The van der Waals surface area contributed by atoms with Crippen LogP contribution in [0, 0.1) is 6.92 Å². The fraction of sp³-hybridized carbons (Fsp3) is 0.429. The van der Waals surface area contributed by atoms with Gasteiger partial charge in [0.05, 0.1) is 17.6 Å². The fourth-order valence-corrected chi connectivity index (χ4v) is 1.09. The third kappa shape index (κ3) is 1.88. The normalized spacial score (nSPS) is 13.1. The maximum atomic E-state index is 5.62. The first-order valence-corrected chi connectivity index (χ1v) is 3.73. The first-order chi connectivity index (χ1) is 5.11. The maximum Gasteiger partial charge on any atom is 0.147 e. The highest BCUT2D eigenvalue weighted by molar-refractivity contribution is 6.29. The Morgan fingerprint density at radius 3 is 2.73 bits per heavy atom. The lowest BCUT2D eigenvalue weighted by Gasteiger charge is -2.06. The summed E-state index contributed by atoms with van der Waals surface area (Å²) >= 11 is 5.61. The molecular formula is C7H10ClN3. The Bertz CT molecular complexity index is 260. The molecule has 1 aromatic rings. The minimum atomic E-state index is -0.0835. The van der Waals surface area contributed by atoms with E-state index in [9.17, 15) is 0 Å². The van der Waals surface area contributed by atoms with Gasteiger partial charge in [-0.2, -0.15) is 0 Å². The van der Waals surface area contributed by atoms with Crippen LogP contribution in [-0.4, -0.2) is 9.97 Å². The molecule has 0 aliphatic carbocycles. The first-order valence-electron chi connectivity index (χ1n) is 3.36. The quantitative estimate of drug-likeness (QED) is 0.696. The van der Waals surface area contributed by atoms with E-state index in [0.29, 0.717) is 5.15 Å². The smallest absolute Gasteiger partial charge is 0.147 e. The van der Waals surface area contributed by atoms with Gasteiger partial charge in [-0.25, -0.2) is 4.98 Å². The van der Waals surface area contributed by atoms with Crippen LogP contribution in [0.1, 0.15) is 24.4 Å². The van der Waals surface area contributed by atoms with Gasteiger partial charge in [-0.1, -0.05) is 11.6 Å². The lowest BCUT2D eigenvalue weighted by Crippen LogP contribution is -2.10. The number of halogens is 1. The molecule has 60 valence electrons. The summed E-state index contributed by atoms with van der Waals surface area (Å²) in [7, 11) is 0. The molecule has 0 saturated heterocycles. The van der Waals surface area contributed by atoms with E-state index in [-0.39, 0.29) is 6.04 Å². The van der Waals surface area contributed by atoms with Gasteiger partial charge in [0.1, 0.15) is 5.15 Å². The van der Waals surface area contributed by atoms with Gasteiger partial charge in [0, 0.05) is 6.04 Å². The molecule has 1 heterocycles. The Balaban J connectivity index is 3.09. The second-order valence-corrected chi connectivity index (χ2v) is 2.84. The van der Waals surface area contributed by atoms with Crippen molar-refractivity contribution in [3.63, 3.8) is 0 Å². The summed E-state index contributed by atoms with van der Waals surface area (Å²) in [5.74, 6) is 0. The van der Waals surface area contributed by atoms with Gasteiger partial charge >= 0.3 is 0 Å². The summed E-state index contributed by atoms with van der Waals surface area (Å²) in [4.78, 5) is 8.08. The Morgan fingerprint density at radius 2 is 2.27 bits per heavy atom. The second-order valence-electron chi connectivity index (χ2n) is 2.45. The highest BCUT2D eigenvalue weighted by Gasteiger charge is 2.05. The topological polar surface area (TPSA) is 51.8 Å². The van der Waals surface area contributed by atoms with E-state index in [4.69, 9.17) is 17.3 Å². The maximum absolute atomic E-state index is 5.62. The van der Waals surface area contributed by atoms with Gasteiger partial charge < -0.3 is 5.73 Å². The summed E-state index contributed by atoms with van der Waals surface area (Å²) in [6.45, 7) is 3.71. The molecule has 0 fully saturated rings. The summed E-state index contributed by atoms with van der Waals surface area (Å²) in [6, 6.07) is -0.0835. The van der Waals surface area contributed by atoms with E-state index in [0.717, 1.165) is 11.4 Å². The van der Waals surface area contributed by atoms with E-state index in [2.05, 4.69) is 9.97 Å². The number of nitrogens with zero attached hydrogens (tertiary/aromatic N) is 2. The lowest BCUT2D eigenvalue weighted by atomic mass is 10.2. The molecule has 0 spiro atoms. The Morgan fingerprint density at radius 1 is 1.64 bits per heavy atom. The van der Waals surface area contributed by atoms with Crippen LogP contribution in [0.25, 0.3) is 0 Å². The lowest BCUT2D eigenvalue weighted by molar-refractivity contribution is 0.759. The van der Waals surface area contributed by atoms with Crippen molar-refractivity contribution in [2.24, 2.45) is 5.73 Å². The Kier molecular flexibility index (Phi) is 2.42. The fourth-order valence-electron chi connectivity index (χ4n) is 0.910. The molecule has 0 bridgehead atoms. The van der Waals surface area contributed by atoms with Crippen molar-refractivity contribution in [2.75, 3.05) is 0 Å². The van der Waals surface area contributed by atoms with Crippen LogP contribution < -0.4 is 5.73 Å². The monoisotopic (exact) mass is 171 g/mol. The molecule has 3 nitrogen and oxygen atoms in total. The summed E-state index contributed by atoms with van der Waals surface area (Å²) < 4.78 is 0. The summed E-state index contributed by atoms with van der Waals surface area (Å²) in [5, 5.41) is 0.409. The predicted molar refractivity (Wildman–Crippen MR) is 44.4 cm³/mol. The van der Waals surface area contributed by atoms with E-state index >= 15 is 0 Å². The molecule has 4 heteroatoms. The van der Waals surface area contributed by atoms with Crippen LogP contribution in [0.4, 0.5) is 0 Å². The Hall–Kier alpha value is -0.670. The molecule has 0 amide bonds. The largest absolute Gasteiger partial charge is 0.323 e. The molecule has 1 rings (SSSR count). The highest BCUT2D eigenvalue weighted by atomic mass is 35.5. The minimum Gasteiger partial charge on any atom is -0.323 e. The molecule has 0 saturated carbocycles. The number of hydrogen-bond acceptors (Lipinski definition) is 3. The Labute approximate surface area is 70.6 Å². The van der Waals surface area contributed by atoms with Crippen LogP contribution in [0.15, 0.2) is 6.20 Å². The zero-order chi connectivity index (χ0) is 8.43. The van der Waals surface area contributed by atoms with Crippen molar-refractivity contribution < 1.29 is 0 Å². The van der Waals surface area contributed by atoms with E-state index in [1.54, 1.807) is 0 Å². The van der Waals surface area contributed by atoms with Crippen LogP contribution in [-0.2, 0) is 0 Å². The molecule has 1 aromatic heterocycles. The van der Waals surface area contributed by atoms with Crippen molar-refractivity contribution in [1.82, 2.24) is 9.97 Å². The first kappa shape index (κ1) is 8.43. The van der Waals surface area contributed by atoms with Crippen molar-refractivity contribution >= 4 is 11.6 Å². The van der Waals surface area contributed by atoms with Gasteiger partial charge in [-0.05, 0) is 13.8 Å². The second kappa shape index (κ2) is 3.15. The standard InChI is InChI=1S/C7H10ClN3/c1-4(9)7-5(2)11-6(8)3-10-7/h3-4H,9H2,1-2H3. The number of nitrogens with two attached hydrogens (primary N) is 1. The zero-order valence-electron chi connectivity index (χ0n) is 6.50. The third-order valence-electron chi connectivity index (χ3n) is 1.39. The van der Waals surface area contributed by atoms with Gasteiger partial charge in [0.25, 0.3) is 0 Å². The molecule has 0 radical (unpaired) electrons. The summed E-state index contributed by atoms with van der Waals surface area (Å²) in [5.41, 5.74) is 7.22. The molecule has 1 atom stereocenters. The highest BCUT2D eigenvalue weighted by Crippen LogP contribution is 2.12. The number of aryl methyl sites for hydroxylation is 1. The zero-order valence-corrected chi connectivity index (χ0v) is 7.26. The van der Waals surface area contributed by atoms with E-state index < -0.39 is 0 Å². The SMILES string of the molecule is Cc1nc(Cl)cnc1C(C)N. The summed E-state index contributed by atoms with van der Waals surface area (Å²) in [6.07, 6.45) is 1.51. The molecule has 0 aliphatic heterocycles. The van der Waals surface area contributed by atoms with Gasteiger partial charge in [-0.3, -0.25) is 4.98 Å². The number of hydrogen-bond donors (Lipinski definition) is 1. The van der Waals surface area contributed by atoms with Gasteiger partial charge in [0.2, 0.25) is 0 Å². The molecule has 1 unspecified atom stereocenters. The van der Waals surface area contributed by atoms with Crippen molar-refractivity contribution in [2.45, 2.75) is 19.9 Å². The molecule has 0 aromatic carbocycles. The van der Waals surface area contributed by atoms with Crippen molar-refractivity contribution in [3.05, 3.63) is 22.7 Å². The van der Waals surface area contributed by atoms with Crippen LogP contribution >= 0.6 is 11.6 Å². The predicted octanol–water partition coefficient (Wildman–Crippen LogP) is 1.46. The molecule has 11 heavy (non-hydrogen) atoms.